The SMILES string of the molecule is CCC1CCCNC(=O)[C@H](CC)CCC[C@H](C)CC[C@H]1O[C@@H]1O[C@@H](C)[C@@H](O)[C@@H](N)[C@H]1O. The van der Waals surface area contributed by atoms with Gasteiger partial charge in [0.05, 0.1) is 24.4 Å². The Morgan fingerprint density at radius 2 is 1.77 bits per heavy atom. The Kier molecular flexibility index (Phi) is 11.2. The van der Waals surface area contributed by atoms with Gasteiger partial charge in [-0.25, -0.2) is 0 Å². The van der Waals surface area contributed by atoms with Crippen molar-refractivity contribution in [1.82, 2.24) is 5.32 Å². The first-order valence-electron chi connectivity index (χ1n) is 12.5. The number of hydrogen-bond acceptors (Lipinski definition) is 6. The molecule has 31 heavy (non-hydrogen) atoms. The molecule has 0 aliphatic carbocycles. The zero-order chi connectivity index (χ0) is 23.0. The van der Waals surface area contributed by atoms with Crippen LogP contribution in [0, 0.1) is 17.8 Å². The Labute approximate surface area is 188 Å². The number of carbonyl (C=O) groups excluding carboxylic acids is 1. The van der Waals surface area contributed by atoms with Gasteiger partial charge in [-0.05, 0) is 57.3 Å². The van der Waals surface area contributed by atoms with Gasteiger partial charge in [-0.3, -0.25) is 4.79 Å². The van der Waals surface area contributed by atoms with Gasteiger partial charge in [-0.15, -0.1) is 0 Å². The molecule has 7 nitrogen and oxygen atoms in total. The highest BCUT2D eigenvalue weighted by atomic mass is 16.7. The molecule has 0 aromatic heterocycles. The van der Waals surface area contributed by atoms with Crippen molar-refractivity contribution in [2.45, 2.75) is 122 Å². The highest BCUT2D eigenvalue weighted by molar-refractivity contribution is 5.78. The zero-order valence-corrected chi connectivity index (χ0v) is 20.0. The van der Waals surface area contributed by atoms with Crippen LogP contribution in [0.25, 0.3) is 0 Å². The van der Waals surface area contributed by atoms with Gasteiger partial charge < -0.3 is 30.7 Å². The summed E-state index contributed by atoms with van der Waals surface area (Å²) in [4.78, 5) is 12.5. The van der Waals surface area contributed by atoms with Gasteiger partial charge in [0.15, 0.2) is 6.29 Å². The predicted molar refractivity (Wildman–Crippen MR) is 121 cm³/mol. The Morgan fingerprint density at radius 3 is 2.45 bits per heavy atom. The largest absolute Gasteiger partial charge is 0.389 e. The van der Waals surface area contributed by atoms with Crippen LogP contribution >= 0.6 is 0 Å². The van der Waals surface area contributed by atoms with Gasteiger partial charge in [0, 0.05) is 12.5 Å². The second-order valence-electron chi connectivity index (χ2n) is 9.76. The summed E-state index contributed by atoms with van der Waals surface area (Å²) >= 11 is 0. The third-order valence-electron chi connectivity index (χ3n) is 7.36. The van der Waals surface area contributed by atoms with Crippen LogP contribution in [0.4, 0.5) is 0 Å². The minimum Gasteiger partial charge on any atom is -0.389 e. The molecule has 0 saturated carbocycles. The van der Waals surface area contributed by atoms with Gasteiger partial charge in [0.2, 0.25) is 5.91 Å². The summed E-state index contributed by atoms with van der Waals surface area (Å²) in [5.41, 5.74) is 6.00. The van der Waals surface area contributed by atoms with E-state index < -0.39 is 30.6 Å². The maximum Gasteiger partial charge on any atom is 0.223 e. The van der Waals surface area contributed by atoms with Crippen LogP contribution in [-0.2, 0) is 14.3 Å². The first kappa shape index (κ1) is 26.5. The summed E-state index contributed by atoms with van der Waals surface area (Å²) in [5, 5.41) is 23.8. The van der Waals surface area contributed by atoms with Crippen molar-refractivity contribution < 1.29 is 24.5 Å². The third kappa shape index (κ3) is 7.67. The summed E-state index contributed by atoms with van der Waals surface area (Å²) in [7, 11) is 0. The van der Waals surface area contributed by atoms with Crippen LogP contribution in [-0.4, -0.2) is 59.4 Å². The van der Waals surface area contributed by atoms with Crippen LogP contribution in [0.2, 0.25) is 0 Å². The van der Waals surface area contributed by atoms with E-state index in [1.165, 1.54) is 0 Å². The predicted octanol–water partition coefficient (Wildman–Crippen LogP) is 2.71. The lowest BCUT2D eigenvalue weighted by molar-refractivity contribution is -0.286. The lowest BCUT2D eigenvalue weighted by Gasteiger charge is -2.42. The molecule has 0 spiro atoms. The van der Waals surface area contributed by atoms with E-state index >= 15 is 0 Å². The van der Waals surface area contributed by atoms with E-state index in [0.29, 0.717) is 18.4 Å². The van der Waals surface area contributed by atoms with Gasteiger partial charge in [-0.2, -0.15) is 0 Å². The molecule has 2 fully saturated rings. The first-order chi connectivity index (χ1) is 14.8. The molecule has 7 heteroatoms. The molecule has 1 amide bonds. The molecule has 2 aliphatic rings. The van der Waals surface area contributed by atoms with Crippen molar-refractivity contribution in [3.8, 4) is 0 Å². The van der Waals surface area contributed by atoms with Gasteiger partial charge in [0.25, 0.3) is 0 Å². The minimum absolute atomic E-state index is 0.0521. The number of rotatable bonds is 4. The number of carbonyl (C=O) groups is 1. The quantitative estimate of drug-likeness (QED) is 0.532. The minimum atomic E-state index is -1.06. The van der Waals surface area contributed by atoms with E-state index in [-0.39, 0.29) is 17.9 Å². The van der Waals surface area contributed by atoms with Crippen molar-refractivity contribution in [3.63, 3.8) is 0 Å². The Balaban J connectivity index is 2.07. The van der Waals surface area contributed by atoms with E-state index in [4.69, 9.17) is 15.2 Å². The number of nitrogens with one attached hydrogen (secondary N) is 1. The molecule has 1 unspecified atom stereocenters. The number of nitrogens with two attached hydrogens (primary N) is 1. The van der Waals surface area contributed by atoms with Crippen LogP contribution in [0.1, 0.15) is 85.5 Å². The highest BCUT2D eigenvalue weighted by Crippen LogP contribution is 2.30. The fourth-order valence-electron chi connectivity index (χ4n) is 4.97. The second kappa shape index (κ2) is 13.1. The molecule has 9 atom stereocenters. The molecule has 5 N–H and O–H groups in total. The van der Waals surface area contributed by atoms with Crippen LogP contribution < -0.4 is 11.1 Å². The van der Waals surface area contributed by atoms with Crippen LogP contribution in [0.3, 0.4) is 0 Å². The summed E-state index contributed by atoms with van der Waals surface area (Å²) in [6.45, 7) is 8.97. The average Bonchev–Trinajstić information content (AvgIpc) is 2.75. The topological polar surface area (TPSA) is 114 Å². The highest BCUT2D eigenvalue weighted by Gasteiger charge is 2.42. The molecule has 2 heterocycles. The fraction of sp³-hybridized carbons (Fsp3) is 0.958. The molecule has 0 aromatic rings. The van der Waals surface area contributed by atoms with Crippen LogP contribution in [0.15, 0.2) is 0 Å². The normalized spacial score (nSPS) is 41.9. The first-order valence-corrected chi connectivity index (χ1v) is 12.5. The summed E-state index contributed by atoms with van der Waals surface area (Å²) in [5.74, 6) is 1.17. The number of hydrogen-bond donors (Lipinski definition) is 4. The standard InChI is InChI=1S/C24H46N2O5/c1-5-17-11-8-14-26-23(29)18(6-2)10-7-9-15(3)12-13-19(17)31-24-22(28)20(25)21(27)16(4)30-24/h15-22,24,27-28H,5-14,25H2,1-4H3,(H,26,29)/t15-,16-,17?,18+,19+,20+,21+,22+,24-/m0/s1. The number of aliphatic hydroxyl groups excluding tert-OH is 2. The molecule has 2 saturated heterocycles. The van der Waals surface area contributed by atoms with Crippen molar-refractivity contribution in [1.29, 1.82) is 0 Å². The van der Waals surface area contributed by atoms with Crippen LogP contribution in [0.5, 0.6) is 0 Å². The van der Waals surface area contributed by atoms with E-state index in [1.807, 2.05) is 0 Å². The molecule has 182 valence electrons. The maximum atomic E-state index is 12.5. The third-order valence-corrected chi connectivity index (χ3v) is 7.36. The summed E-state index contributed by atoms with van der Waals surface area (Å²) in [6, 6.07) is -0.784. The second-order valence-corrected chi connectivity index (χ2v) is 9.76. The summed E-state index contributed by atoms with van der Waals surface area (Å²) < 4.78 is 12.1. The molecule has 2 rings (SSSR count). The maximum absolute atomic E-state index is 12.5. The lowest BCUT2D eigenvalue weighted by Crippen LogP contribution is -2.61. The Morgan fingerprint density at radius 1 is 1.03 bits per heavy atom. The molecular weight excluding hydrogens is 396 g/mol. The van der Waals surface area contributed by atoms with Crippen molar-refractivity contribution in [2.75, 3.05) is 6.54 Å². The number of ether oxygens (including phenoxy) is 2. The average molecular weight is 443 g/mol. The van der Waals surface area contributed by atoms with Crippen molar-refractivity contribution >= 4 is 5.91 Å². The molecular formula is C24H46N2O5. The van der Waals surface area contributed by atoms with Gasteiger partial charge >= 0.3 is 0 Å². The van der Waals surface area contributed by atoms with E-state index in [9.17, 15) is 15.0 Å². The van der Waals surface area contributed by atoms with E-state index in [2.05, 4.69) is 26.1 Å². The van der Waals surface area contributed by atoms with Gasteiger partial charge in [0.1, 0.15) is 6.10 Å². The van der Waals surface area contributed by atoms with Crippen molar-refractivity contribution in [3.05, 3.63) is 0 Å². The fourth-order valence-corrected chi connectivity index (χ4v) is 4.97. The van der Waals surface area contributed by atoms with E-state index in [0.717, 1.165) is 57.8 Å². The van der Waals surface area contributed by atoms with E-state index in [1.54, 1.807) is 6.92 Å². The molecule has 0 bridgehead atoms. The Bertz CT molecular complexity index is 534. The van der Waals surface area contributed by atoms with Gasteiger partial charge in [-0.1, -0.05) is 40.0 Å². The molecule has 0 aromatic carbocycles. The molecule has 2 aliphatic heterocycles. The smallest absolute Gasteiger partial charge is 0.223 e. The lowest BCUT2D eigenvalue weighted by atomic mass is 9.86. The summed E-state index contributed by atoms with van der Waals surface area (Å²) in [6.07, 6.45) is 5.43. The van der Waals surface area contributed by atoms with Crippen molar-refractivity contribution in [2.24, 2.45) is 23.5 Å². The number of aliphatic hydroxyl groups is 2. The Hall–Kier alpha value is -0.730. The monoisotopic (exact) mass is 442 g/mol. The zero-order valence-electron chi connectivity index (χ0n) is 20.0. The molecule has 0 radical (unpaired) electrons. The number of amides is 1.